The molecule has 2 aromatic rings. The van der Waals surface area contributed by atoms with Crippen LogP contribution in [-0.2, 0) is 14.8 Å². The SMILES string of the molecule is CCOc1ccc(NC(=O)C(C)Oc2ccc(C)cc2Br)cc1S(=O)(=O)N(C)C. The Bertz CT molecular complexity index is 992. The van der Waals surface area contributed by atoms with Crippen LogP contribution < -0.4 is 14.8 Å². The minimum atomic E-state index is -3.75. The van der Waals surface area contributed by atoms with E-state index in [4.69, 9.17) is 9.47 Å². The van der Waals surface area contributed by atoms with Gasteiger partial charge in [-0.15, -0.1) is 0 Å². The minimum Gasteiger partial charge on any atom is -0.492 e. The summed E-state index contributed by atoms with van der Waals surface area (Å²) in [5.74, 6) is 0.364. The van der Waals surface area contributed by atoms with Crippen molar-refractivity contribution in [3.05, 3.63) is 46.4 Å². The molecule has 0 spiro atoms. The smallest absolute Gasteiger partial charge is 0.265 e. The van der Waals surface area contributed by atoms with Crippen LogP contribution in [-0.4, -0.2) is 45.4 Å². The molecule has 0 aliphatic heterocycles. The Labute approximate surface area is 180 Å². The first-order valence-corrected chi connectivity index (χ1v) is 11.2. The van der Waals surface area contributed by atoms with Gasteiger partial charge in [0.25, 0.3) is 5.91 Å². The van der Waals surface area contributed by atoms with Crippen molar-refractivity contribution in [2.24, 2.45) is 0 Å². The van der Waals surface area contributed by atoms with Crippen LogP contribution in [0, 0.1) is 6.92 Å². The van der Waals surface area contributed by atoms with Crippen LogP contribution in [0.3, 0.4) is 0 Å². The van der Waals surface area contributed by atoms with E-state index in [1.165, 1.54) is 26.2 Å². The molecule has 0 fully saturated rings. The molecular weight excluding hydrogens is 460 g/mol. The lowest BCUT2D eigenvalue weighted by Crippen LogP contribution is -2.30. The lowest BCUT2D eigenvalue weighted by atomic mass is 10.2. The van der Waals surface area contributed by atoms with Gasteiger partial charge < -0.3 is 14.8 Å². The van der Waals surface area contributed by atoms with Crippen LogP contribution in [0.2, 0.25) is 0 Å². The van der Waals surface area contributed by atoms with Crippen molar-refractivity contribution in [1.82, 2.24) is 4.31 Å². The van der Waals surface area contributed by atoms with Crippen molar-refractivity contribution in [2.75, 3.05) is 26.0 Å². The molecule has 0 bridgehead atoms. The van der Waals surface area contributed by atoms with Crippen LogP contribution >= 0.6 is 15.9 Å². The van der Waals surface area contributed by atoms with E-state index in [1.54, 1.807) is 26.0 Å². The fourth-order valence-corrected chi connectivity index (χ4v) is 4.09. The highest BCUT2D eigenvalue weighted by Crippen LogP contribution is 2.30. The fourth-order valence-electron chi connectivity index (χ4n) is 2.45. The van der Waals surface area contributed by atoms with Crippen molar-refractivity contribution in [3.63, 3.8) is 0 Å². The Kier molecular flexibility index (Phi) is 7.67. The van der Waals surface area contributed by atoms with Gasteiger partial charge in [0.2, 0.25) is 10.0 Å². The summed E-state index contributed by atoms with van der Waals surface area (Å²) >= 11 is 3.42. The number of carbonyl (C=O) groups excluding carboxylic acids is 1. The number of hydrogen-bond acceptors (Lipinski definition) is 5. The second kappa shape index (κ2) is 9.60. The Morgan fingerprint density at radius 3 is 2.41 bits per heavy atom. The number of halogens is 1. The van der Waals surface area contributed by atoms with Gasteiger partial charge in [0.15, 0.2) is 6.10 Å². The van der Waals surface area contributed by atoms with E-state index in [1.807, 2.05) is 19.1 Å². The van der Waals surface area contributed by atoms with E-state index >= 15 is 0 Å². The van der Waals surface area contributed by atoms with Gasteiger partial charge in [0.05, 0.1) is 11.1 Å². The minimum absolute atomic E-state index is 0.0167. The summed E-state index contributed by atoms with van der Waals surface area (Å²) < 4.78 is 38.2. The quantitative estimate of drug-likeness (QED) is 0.615. The molecule has 0 saturated carbocycles. The third-order valence-electron chi connectivity index (χ3n) is 4.03. The molecule has 0 aliphatic rings. The molecule has 9 heteroatoms. The average Bonchev–Trinajstić information content (AvgIpc) is 2.65. The Morgan fingerprint density at radius 1 is 1.17 bits per heavy atom. The van der Waals surface area contributed by atoms with Crippen LogP contribution in [0.15, 0.2) is 45.8 Å². The van der Waals surface area contributed by atoms with Crippen molar-refractivity contribution < 1.29 is 22.7 Å². The number of aryl methyl sites for hydroxylation is 1. The number of sulfonamides is 1. The molecule has 1 unspecified atom stereocenters. The maximum absolute atomic E-state index is 12.6. The molecule has 1 N–H and O–H groups in total. The number of carbonyl (C=O) groups is 1. The molecule has 0 saturated heterocycles. The van der Waals surface area contributed by atoms with Gasteiger partial charge >= 0.3 is 0 Å². The number of amides is 1. The monoisotopic (exact) mass is 484 g/mol. The number of nitrogens with one attached hydrogen (secondary N) is 1. The predicted molar refractivity (Wildman–Crippen MR) is 116 cm³/mol. The lowest BCUT2D eigenvalue weighted by Gasteiger charge is -2.18. The zero-order chi connectivity index (χ0) is 21.8. The first-order chi connectivity index (χ1) is 13.6. The summed E-state index contributed by atoms with van der Waals surface area (Å²) in [7, 11) is -0.875. The summed E-state index contributed by atoms with van der Waals surface area (Å²) in [5.41, 5.74) is 1.39. The van der Waals surface area contributed by atoms with Crippen LogP contribution in [0.4, 0.5) is 5.69 Å². The summed E-state index contributed by atoms with van der Waals surface area (Å²) in [6.45, 7) is 5.66. The van der Waals surface area contributed by atoms with E-state index in [-0.39, 0.29) is 10.6 Å². The fraction of sp³-hybridized carbons (Fsp3) is 0.350. The van der Waals surface area contributed by atoms with Gasteiger partial charge in [-0.25, -0.2) is 12.7 Å². The predicted octanol–water partition coefficient (Wildman–Crippen LogP) is 3.81. The third kappa shape index (κ3) is 5.71. The average molecular weight is 485 g/mol. The zero-order valence-corrected chi connectivity index (χ0v) is 19.4. The zero-order valence-electron chi connectivity index (χ0n) is 17.0. The number of hydrogen-bond donors (Lipinski definition) is 1. The van der Waals surface area contributed by atoms with Crippen LogP contribution in [0.25, 0.3) is 0 Å². The molecule has 2 rings (SSSR count). The molecule has 1 atom stereocenters. The van der Waals surface area contributed by atoms with Gasteiger partial charge in [-0.2, -0.15) is 0 Å². The second-order valence-corrected chi connectivity index (χ2v) is 9.54. The highest BCUT2D eigenvalue weighted by Gasteiger charge is 2.24. The van der Waals surface area contributed by atoms with E-state index in [9.17, 15) is 13.2 Å². The number of ether oxygens (including phenoxy) is 2. The Morgan fingerprint density at radius 2 is 1.83 bits per heavy atom. The van der Waals surface area contributed by atoms with Crippen molar-refractivity contribution in [2.45, 2.75) is 31.8 Å². The summed E-state index contributed by atoms with van der Waals surface area (Å²) in [6, 6.07) is 10.1. The normalized spacial score (nSPS) is 12.5. The highest BCUT2D eigenvalue weighted by atomic mass is 79.9. The molecule has 158 valence electrons. The van der Waals surface area contributed by atoms with Gasteiger partial charge in [-0.05, 0) is 72.6 Å². The molecule has 0 radical (unpaired) electrons. The van der Waals surface area contributed by atoms with Gasteiger partial charge in [0.1, 0.15) is 16.4 Å². The largest absolute Gasteiger partial charge is 0.492 e. The molecule has 7 nitrogen and oxygen atoms in total. The van der Waals surface area contributed by atoms with Gasteiger partial charge in [0, 0.05) is 19.8 Å². The van der Waals surface area contributed by atoms with Crippen molar-refractivity contribution in [1.29, 1.82) is 0 Å². The molecule has 29 heavy (non-hydrogen) atoms. The molecule has 0 aliphatic carbocycles. The summed E-state index contributed by atoms with van der Waals surface area (Å²) in [5, 5.41) is 2.70. The number of rotatable bonds is 8. The Balaban J connectivity index is 2.23. The first-order valence-electron chi connectivity index (χ1n) is 8.99. The van der Waals surface area contributed by atoms with E-state index in [0.29, 0.717) is 18.0 Å². The third-order valence-corrected chi connectivity index (χ3v) is 6.49. The molecule has 0 aromatic heterocycles. The molecular formula is C20H25BrN2O5S. The molecule has 0 heterocycles. The number of benzene rings is 2. The highest BCUT2D eigenvalue weighted by molar-refractivity contribution is 9.10. The maximum atomic E-state index is 12.6. The van der Waals surface area contributed by atoms with E-state index in [2.05, 4.69) is 21.2 Å². The summed E-state index contributed by atoms with van der Waals surface area (Å²) in [6.07, 6.45) is -0.797. The second-order valence-electron chi connectivity index (χ2n) is 6.57. The lowest BCUT2D eigenvalue weighted by molar-refractivity contribution is -0.122. The summed E-state index contributed by atoms with van der Waals surface area (Å²) in [4.78, 5) is 12.5. The van der Waals surface area contributed by atoms with Gasteiger partial charge in [-0.3, -0.25) is 4.79 Å². The number of anilines is 1. The first kappa shape index (κ1) is 23.2. The standard InChI is InChI=1S/C20H25BrN2O5S/c1-6-27-18-10-8-15(12-19(18)29(25,26)23(4)5)22-20(24)14(3)28-17-9-7-13(2)11-16(17)21/h7-12,14H,6H2,1-5H3,(H,22,24). The molecule has 1 amide bonds. The molecule has 2 aromatic carbocycles. The Hall–Kier alpha value is -2.10. The van der Waals surface area contributed by atoms with Gasteiger partial charge in [-0.1, -0.05) is 6.07 Å². The van der Waals surface area contributed by atoms with Crippen molar-refractivity contribution in [3.8, 4) is 11.5 Å². The topological polar surface area (TPSA) is 84.9 Å². The van der Waals surface area contributed by atoms with Crippen molar-refractivity contribution >= 4 is 37.5 Å². The number of nitrogens with zero attached hydrogens (tertiary/aromatic N) is 1. The van der Waals surface area contributed by atoms with E-state index in [0.717, 1.165) is 14.3 Å². The maximum Gasteiger partial charge on any atom is 0.265 e. The van der Waals surface area contributed by atoms with Crippen LogP contribution in [0.1, 0.15) is 19.4 Å². The van der Waals surface area contributed by atoms with E-state index < -0.39 is 22.0 Å². The van der Waals surface area contributed by atoms with Crippen LogP contribution in [0.5, 0.6) is 11.5 Å².